The predicted octanol–water partition coefficient (Wildman–Crippen LogP) is 4.21. The highest BCUT2D eigenvalue weighted by Crippen LogP contribution is 2.19. The maximum atomic E-state index is 12.3. The average molecular weight is 406 g/mol. The van der Waals surface area contributed by atoms with Crippen molar-refractivity contribution >= 4 is 23.3 Å². The van der Waals surface area contributed by atoms with Gasteiger partial charge in [-0.2, -0.15) is 0 Å². The number of nitrogens with one attached hydrogen (secondary N) is 1. The molecule has 152 valence electrons. The van der Waals surface area contributed by atoms with Crippen molar-refractivity contribution in [3.8, 4) is 5.75 Å². The number of amides is 1. The van der Waals surface area contributed by atoms with Gasteiger partial charge in [0.15, 0.2) is 0 Å². The highest BCUT2D eigenvalue weighted by Gasteiger charge is 2.12. The summed E-state index contributed by atoms with van der Waals surface area (Å²) in [6.45, 7) is 0.306. The van der Waals surface area contributed by atoms with Gasteiger partial charge in [-0.15, -0.1) is 0 Å². The lowest BCUT2D eigenvalue weighted by Gasteiger charge is -2.09. The summed E-state index contributed by atoms with van der Waals surface area (Å²) < 4.78 is 10.4. The van der Waals surface area contributed by atoms with Crippen LogP contribution in [-0.2, 0) is 11.3 Å². The molecule has 0 aliphatic rings. The van der Waals surface area contributed by atoms with Crippen molar-refractivity contribution in [2.45, 2.75) is 6.61 Å². The molecular formula is C22H18N2O6. The Bertz CT molecular complexity index is 1060. The largest absolute Gasteiger partial charge is 0.489 e. The SMILES string of the molecule is COC(=O)c1ccc(COc2ccc(NC(=O)c3cccc([N+](=O)[O-])c3)cc2)cc1. The zero-order valence-corrected chi connectivity index (χ0v) is 16.0. The lowest BCUT2D eigenvalue weighted by molar-refractivity contribution is -0.384. The number of carbonyl (C=O) groups excluding carboxylic acids is 2. The van der Waals surface area contributed by atoms with E-state index in [9.17, 15) is 19.7 Å². The minimum absolute atomic E-state index is 0.147. The Balaban J connectivity index is 1.57. The smallest absolute Gasteiger partial charge is 0.337 e. The van der Waals surface area contributed by atoms with Crippen LogP contribution < -0.4 is 10.1 Å². The number of hydrogen-bond acceptors (Lipinski definition) is 6. The molecule has 0 heterocycles. The van der Waals surface area contributed by atoms with Crippen molar-refractivity contribution < 1.29 is 24.0 Å². The lowest BCUT2D eigenvalue weighted by Crippen LogP contribution is -2.12. The quantitative estimate of drug-likeness (QED) is 0.358. The topological polar surface area (TPSA) is 108 Å². The molecule has 3 aromatic carbocycles. The molecular weight excluding hydrogens is 388 g/mol. The molecule has 0 radical (unpaired) electrons. The van der Waals surface area contributed by atoms with Gasteiger partial charge in [0.05, 0.1) is 17.6 Å². The highest BCUT2D eigenvalue weighted by atomic mass is 16.6. The molecule has 0 saturated carbocycles. The summed E-state index contributed by atoms with van der Waals surface area (Å²) in [5.41, 5.74) is 1.92. The summed E-state index contributed by atoms with van der Waals surface area (Å²) in [7, 11) is 1.33. The molecule has 0 unspecified atom stereocenters. The Morgan fingerprint density at radius 1 is 0.967 bits per heavy atom. The monoisotopic (exact) mass is 406 g/mol. The summed E-state index contributed by atoms with van der Waals surface area (Å²) in [4.78, 5) is 34.0. The van der Waals surface area contributed by atoms with Gasteiger partial charge in [-0.3, -0.25) is 14.9 Å². The molecule has 1 N–H and O–H groups in total. The molecule has 3 aromatic rings. The average Bonchev–Trinajstić information content (AvgIpc) is 2.78. The summed E-state index contributed by atoms with van der Waals surface area (Å²) in [6.07, 6.45) is 0. The number of carbonyl (C=O) groups is 2. The van der Waals surface area contributed by atoms with Crippen LogP contribution in [-0.4, -0.2) is 23.9 Å². The first-order valence-corrected chi connectivity index (χ1v) is 8.92. The second kappa shape index (κ2) is 9.33. The van der Waals surface area contributed by atoms with Crippen LogP contribution in [0.25, 0.3) is 0 Å². The molecule has 3 rings (SSSR count). The van der Waals surface area contributed by atoms with Crippen molar-refractivity contribution in [2.24, 2.45) is 0 Å². The Kier molecular flexibility index (Phi) is 6.39. The third-order valence-corrected chi connectivity index (χ3v) is 4.21. The van der Waals surface area contributed by atoms with Crippen molar-refractivity contribution in [1.29, 1.82) is 0 Å². The number of non-ortho nitro benzene ring substituents is 1. The van der Waals surface area contributed by atoms with Gasteiger partial charge in [0.1, 0.15) is 12.4 Å². The van der Waals surface area contributed by atoms with Gasteiger partial charge in [0.25, 0.3) is 11.6 Å². The van der Waals surface area contributed by atoms with E-state index < -0.39 is 16.8 Å². The number of rotatable bonds is 7. The van der Waals surface area contributed by atoms with Gasteiger partial charge < -0.3 is 14.8 Å². The Morgan fingerprint density at radius 3 is 2.30 bits per heavy atom. The summed E-state index contributed by atoms with van der Waals surface area (Å²) in [5, 5.41) is 13.5. The summed E-state index contributed by atoms with van der Waals surface area (Å²) in [5.74, 6) is -0.247. The molecule has 0 aromatic heterocycles. The van der Waals surface area contributed by atoms with Crippen LogP contribution in [0.3, 0.4) is 0 Å². The molecule has 0 fully saturated rings. The van der Waals surface area contributed by atoms with E-state index in [0.717, 1.165) is 5.56 Å². The third kappa shape index (κ3) is 5.20. The Hall–Kier alpha value is -4.20. The number of nitro groups is 1. The van der Waals surface area contributed by atoms with Gasteiger partial charge in [-0.05, 0) is 48.0 Å². The van der Waals surface area contributed by atoms with Crippen molar-refractivity contribution in [3.05, 3.63) is 99.6 Å². The standard InChI is InChI=1S/C22H18N2O6/c1-29-22(26)16-7-5-15(6-8-16)14-30-20-11-9-18(10-12-20)23-21(25)17-3-2-4-19(13-17)24(27)28/h2-13H,14H2,1H3,(H,23,25). The second-order valence-corrected chi connectivity index (χ2v) is 6.26. The Labute approximate surface area is 172 Å². The molecule has 0 aliphatic heterocycles. The molecule has 8 heteroatoms. The van der Waals surface area contributed by atoms with Crippen molar-refractivity contribution in [3.63, 3.8) is 0 Å². The number of nitro benzene ring substituents is 1. The fourth-order valence-electron chi connectivity index (χ4n) is 2.62. The van der Waals surface area contributed by atoms with Crippen LogP contribution in [0, 0.1) is 10.1 Å². The van der Waals surface area contributed by atoms with E-state index in [2.05, 4.69) is 10.1 Å². The molecule has 0 aliphatic carbocycles. The molecule has 0 bridgehead atoms. The predicted molar refractivity (Wildman–Crippen MR) is 110 cm³/mol. The van der Waals surface area contributed by atoms with Crippen LogP contribution in [0.2, 0.25) is 0 Å². The molecule has 30 heavy (non-hydrogen) atoms. The van der Waals surface area contributed by atoms with E-state index in [-0.39, 0.29) is 11.3 Å². The van der Waals surface area contributed by atoms with Crippen molar-refractivity contribution in [2.75, 3.05) is 12.4 Å². The van der Waals surface area contributed by atoms with E-state index in [1.54, 1.807) is 48.5 Å². The van der Waals surface area contributed by atoms with Crippen LogP contribution >= 0.6 is 0 Å². The van der Waals surface area contributed by atoms with Gasteiger partial charge >= 0.3 is 5.97 Å². The number of ether oxygens (including phenoxy) is 2. The maximum Gasteiger partial charge on any atom is 0.337 e. The fourth-order valence-corrected chi connectivity index (χ4v) is 2.62. The normalized spacial score (nSPS) is 10.2. The first-order valence-electron chi connectivity index (χ1n) is 8.92. The molecule has 0 saturated heterocycles. The molecule has 0 spiro atoms. The summed E-state index contributed by atoms with van der Waals surface area (Å²) in [6, 6.07) is 19.1. The van der Waals surface area contributed by atoms with E-state index >= 15 is 0 Å². The number of anilines is 1. The van der Waals surface area contributed by atoms with Crippen LogP contribution in [0.5, 0.6) is 5.75 Å². The Morgan fingerprint density at radius 2 is 1.67 bits per heavy atom. The first-order chi connectivity index (χ1) is 14.5. The lowest BCUT2D eigenvalue weighted by atomic mass is 10.1. The van der Waals surface area contributed by atoms with Gasteiger partial charge in [-0.25, -0.2) is 4.79 Å². The molecule has 0 atom stereocenters. The molecule has 1 amide bonds. The van der Waals surface area contributed by atoms with Gasteiger partial charge in [-0.1, -0.05) is 18.2 Å². The highest BCUT2D eigenvalue weighted by molar-refractivity contribution is 6.04. The summed E-state index contributed by atoms with van der Waals surface area (Å²) >= 11 is 0. The van der Waals surface area contributed by atoms with Crippen LogP contribution in [0.1, 0.15) is 26.3 Å². The van der Waals surface area contributed by atoms with Crippen LogP contribution in [0.4, 0.5) is 11.4 Å². The maximum absolute atomic E-state index is 12.3. The van der Waals surface area contributed by atoms with E-state index in [0.29, 0.717) is 23.6 Å². The molecule has 8 nitrogen and oxygen atoms in total. The zero-order chi connectivity index (χ0) is 21.5. The zero-order valence-electron chi connectivity index (χ0n) is 16.0. The van der Waals surface area contributed by atoms with Crippen LogP contribution in [0.15, 0.2) is 72.8 Å². The van der Waals surface area contributed by atoms with Gasteiger partial charge in [0, 0.05) is 23.4 Å². The van der Waals surface area contributed by atoms with Crippen molar-refractivity contribution in [1.82, 2.24) is 0 Å². The minimum Gasteiger partial charge on any atom is -0.489 e. The first kappa shape index (κ1) is 20.5. The number of hydrogen-bond donors (Lipinski definition) is 1. The minimum atomic E-state index is -0.550. The number of esters is 1. The van der Waals surface area contributed by atoms with E-state index in [1.165, 1.54) is 31.4 Å². The number of nitrogens with zero attached hydrogens (tertiary/aromatic N) is 1. The van der Waals surface area contributed by atoms with Gasteiger partial charge in [0.2, 0.25) is 0 Å². The fraction of sp³-hybridized carbons (Fsp3) is 0.0909. The van der Waals surface area contributed by atoms with E-state index in [1.807, 2.05) is 0 Å². The third-order valence-electron chi connectivity index (χ3n) is 4.21. The number of benzene rings is 3. The van der Waals surface area contributed by atoms with E-state index in [4.69, 9.17) is 4.74 Å². The second-order valence-electron chi connectivity index (χ2n) is 6.26. The number of methoxy groups -OCH3 is 1.